The molecule has 0 aromatic carbocycles. The summed E-state index contributed by atoms with van der Waals surface area (Å²) in [6, 6.07) is 0. The highest BCUT2D eigenvalue weighted by Gasteiger charge is 2.19. The van der Waals surface area contributed by atoms with E-state index in [0.29, 0.717) is 19.3 Å². The normalized spacial score (nSPS) is 13.2. The molecule has 0 radical (unpaired) electrons. The van der Waals surface area contributed by atoms with Gasteiger partial charge in [-0.2, -0.15) is 0 Å². The van der Waals surface area contributed by atoms with Gasteiger partial charge >= 0.3 is 17.9 Å². The highest BCUT2D eigenvalue weighted by atomic mass is 16.6. The van der Waals surface area contributed by atoms with Crippen LogP contribution in [-0.4, -0.2) is 37.2 Å². The maximum Gasteiger partial charge on any atom is 0.306 e. The van der Waals surface area contributed by atoms with E-state index >= 15 is 0 Å². The number of allylic oxidation sites excluding steroid dienone is 26. The Kier molecular flexibility index (Phi) is 64.4. The number of hydrogen-bond donors (Lipinski definition) is 0. The van der Waals surface area contributed by atoms with Crippen molar-refractivity contribution in [2.45, 2.75) is 290 Å². The molecule has 0 saturated carbocycles. The van der Waals surface area contributed by atoms with E-state index in [1.807, 2.05) is 6.08 Å². The average Bonchev–Trinajstić information content (AvgIpc) is 3.47. The molecule has 0 aromatic heterocycles. The molecule has 6 nitrogen and oxygen atoms in total. The van der Waals surface area contributed by atoms with E-state index < -0.39 is 6.10 Å². The van der Waals surface area contributed by atoms with Crippen LogP contribution in [0.25, 0.3) is 0 Å². The van der Waals surface area contributed by atoms with Crippen LogP contribution in [0, 0.1) is 0 Å². The summed E-state index contributed by atoms with van der Waals surface area (Å²) < 4.78 is 16.8. The SMILES string of the molecule is CC/C=C\C/C=C\C/C=C\C/C=C\C/C=C\C/C=C\C/C=C\C/C=C\CCCCCCCCCCC(=O)OCC(COC(=O)CC/C=C\C/C=C\C/C=C\C/C=C\CC)OC(=O)CCCCCCCCC/C=C\CCCCCCCCC. The van der Waals surface area contributed by atoms with Crippen LogP contribution in [0.3, 0.4) is 0 Å². The molecule has 0 spiro atoms. The van der Waals surface area contributed by atoms with Gasteiger partial charge in [-0.15, -0.1) is 0 Å². The Labute approximate surface area is 505 Å². The van der Waals surface area contributed by atoms with Gasteiger partial charge in [0.25, 0.3) is 0 Å². The second-order valence-electron chi connectivity index (χ2n) is 21.6. The van der Waals surface area contributed by atoms with Crippen LogP contribution in [-0.2, 0) is 28.6 Å². The van der Waals surface area contributed by atoms with Crippen LogP contribution in [0.15, 0.2) is 158 Å². The Morgan fingerprint density at radius 3 is 0.829 bits per heavy atom. The number of carbonyl (C=O) groups is 3. The first-order valence-corrected chi connectivity index (χ1v) is 33.5. The molecule has 0 fully saturated rings. The molecular formula is C76H122O6. The minimum Gasteiger partial charge on any atom is -0.462 e. The first-order valence-electron chi connectivity index (χ1n) is 33.5. The molecule has 0 heterocycles. The summed E-state index contributed by atoms with van der Waals surface area (Å²) in [5.74, 6) is -1.01. The molecule has 462 valence electrons. The maximum atomic E-state index is 12.9. The molecule has 0 aromatic rings. The van der Waals surface area contributed by atoms with Gasteiger partial charge in [0.2, 0.25) is 0 Å². The summed E-state index contributed by atoms with van der Waals surface area (Å²) >= 11 is 0. The number of esters is 3. The predicted molar refractivity (Wildman–Crippen MR) is 357 cm³/mol. The number of unbranched alkanes of at least 4 members (excludes halogenated alkanes) is 22. The van der Waals surface area contributed by atoms with Crippen molar-refractivity contribution in [2.75, 3.05) is 13.2 Å². The zero-order valence-corrected chi connectivity index (χ0v) is 52.9. The average molecular weight is 1130 g/mol. The van der Waals surface area contributed by atoms with Crippen molar-refractivity contribution in [3.05, 3.63) is 158 Å². The van der Waals surface area contributed by atoms with Crippen molar-refractivity contribution in [3.63, 3.8) is 0 Å². The number of hydrogen-bond acceptors (Lipinski definition) is 6. The van der Waals surface area contributed by atoms with Gasteiger partial charge in [0, 0.05) is 19.3 Å². The Bertz CT molecular complexity index is 1830. The minimum atomic E-state index is -0.820. The van der Waals surface area contributed by atoms with Crippen LogP contribution in [0.4, 0.5) is 0 Å². The molecule has 82 heavy (non-hydrogen) atoms. The molecule has 0 aliphatic heterocycles. The van der Waals surface area contributed by atoms with E-state index in [1.54, 1.807) is 0 Å². The van der Waals surface area contributed by atoms with Crippen LogP contribution in [0.5, 0.6) is 0 Å². The van der Waals surface area contributed by atoms with E-state index in [9.17, 15) is 14.4 Å². The molecule has 0 amide bonds. The summed E-state index contributed by atoms with van der Waals surface area (Å²) in [7, 11) is 0. The van der Waals surface area contributed by atoms with Gasteiger partial charge in [-0.3, -0.25) is 14.4 Å². The fourth-order valence-corrected chi connectivity index (χ4v) is 8.82. The second kappa shape index (κ2) is 68.5. The lowest BCUT2D eigenvalue weighted by Crippen LogP contribution is -2.30. The summed E-state index contributed by atoms with van der Waals surface area (Å²) in [6.45, 7) is 6.34. The lowest BCUT2D eigenvalue weighted by molar-refractivity contribution is -0.166. The molecule has 0 aliphatic rings. The van der Waals surface area contributed by atoms with Crippen molar-refractivity contribution in [2.24, 2.45) is 0 Å². The van der Waals surface area contributed by atoms with E-state index in [1.165, 1.54) is 116 Å². The molecule has 1 unspecified atom stereocenters. The van der Waals surface area contributed by atoms with Crippen LogP contribution < -0.4 is 0 Å². The quantitative estimate of drug-likeness (QED) is 0.0261. The lowest BCUT2D eigenvalue weighted by Gasteiger charge is -2.18. The fraction of sp³-hybridized carbons (Fsp3) is 0.618. The Balaban J connectivity index is 4.34. The van der Waals surface area contributed by atoms with E-state index in [0.717, 1.165) is 122 Å². The maximum absolute atomic E-state index is 12.9. The van der Waals surface area contributed by atoms with Crippen molar-refractivity contribution in [1.29, 1.82) is 0 Å². The van der Waals surface area contributed by atoms with E-state index in [2.05, 4.69) is 173 Å². The second-order valence-corrected chi connectivity index (χ2v) is 21.6. The lowest BCUT2D eigenvalue weighted by atomic mass is 10.1. The third-order valence-corrected chi connectivity index (χ3v) is 13.8. The largest absolute Gasteiger partial charge is 0.462 e. The van der Waals surface area contributed by atoms with Gasteiger partial charge in [0.05, 0.1) is 0 Å². The summed E-state index contributed by atoms with van der Waals surface area (Å²) in [5.41, 5.74) is 0. The van der Waals surface area contributed by atoms with Crippen molar-refractivity contribution in [3.8, 4) is 0 Å². The molecule has 6 heteroatoms. The molecule has 0 bridgehead atoms. The smallest absolute Gasteiger partial charge is 0.306 e. The summed E-state index contributed by atoms with van der Waals surface area (Å²) in [4.78, 5) is 38.3. The molecule has 0 saturated heterocycles. The van der Waals surface area contributed by atoms with Gasteiger partial charge in [0.1, 0.15) is 13.2 Å². The number of ether oxygens (including phenoxy) is 3. The highest BCUT2D eigenvalue weighted by molar-refractivity contribution is 5.71. The third-order valence-electron chi connectivity index (χ3n) is 13.8. The standard InChI is InChI=1S/C76H122O6/c1-4-7-10-13-16-19-22-25-27-29-31-32-33-34-35-36-37-38-39-40-41-42-43-44-45-47-48-51-54-57-60-63-66-69-75(78)81-72-73(71-80-74(77)68-65-62-59-56-53-50-24-21-18-15-12-9-6-3)82-76(79)70-67-64-61-58-55-52-49-46-30-28-26-23-20-17-14-11-8-5-2/h7,9-10,12,16,18-19,21,25,27-28,30-32,34-35,37-38,40-41,43-44,50,53,59,62,73H,4-6,8,11,13-15,17,20,22-24,26,29,33,36,39,42,45-49,51-52,54-58,60-61,63-72H2,1-3H3/b10-7-,12-9-,19-16-,21-18-,27-25-,30-28-,32-31-,35-34-,38-37-,41-40-,44-43-,53-50-,62-59-. The molecular weight excluding hydrogens is 1010 g/mol. The zero-order valence-electron chi connectivity index (χ0n) is 52.9. The topological polar surface area (TPSA) is 78.9 Å². The summed E-state index contributed by atoms with van der Waals surface area (Å²) in [6.07, 6.45) is 99.9. The monoisotopic (exact) mass is 1130 g/mol. The number of carbonyl (C=O) groups excluding carboxylic acids is 3. The van der Waals surface area contributed by atoms with Gasteiger partial charge in [-0.25, -0.2) is 0 Å². The van der Waals surface area contributed by atoms with Crippen molar-refractivity contribution in [1.82, 2.24) is 0 Å². The van der Waals surface area contributed by atoms with Crippen LogP contribution in [0.2, 0.25) is 0 Å². The molecule has 1 atom stereocenters. The fourth-order valence-electron chi connectivity index (χ4n) is 8.82. The van der Waals surface area contributed by atoms with Gasteiger partial charge < -0.3 is 14.2 Å². The van der Waals surface area contributed by atoms with E-state index in [4.69, 9.17) is 14.2 Å². The minimum absolute atomic E-state index is 0.111. The van der Waals surface area contributed by atoms with E-state index in [-0.39, 0.29) is 37.5 Å². The molecule has 0 N–H and O–H groups in total. The Hall–Kier alpha value is -4.97. The first kappa shape index (κ1) is 77.0. The predicted octanol–water partition coefficient (Wildman–Crippen LogP) is 23.3. The highest BCUT2D eigenvalue weighted by Crippen LogP contribution is 2.15. The Morgan fingerprint density at radius 2 is 0.500 bits per heavy atom. The molecule has 0 aliphatic carbocycles. The molecule has 0 rings (SSSR count). The van der Waals surface area contributed by atoms with Gasteiger partial charge in [-0.05, 0) is 135 Å². The first-order chi connectivity index (χ1) is 40.5. The summed E-state index contributed by atoms with van der Waals surface area (Å²) in [5, 5.41) is 0. The Morgan fingerprint density at radius 1 is 0.256 bits per heavy atom. The third kappa shape index (κ3) is 65.8. The van der Waals surface area contributed by atoms with Crippen molar-refractivity contribution < 1.29 is 28.6 Å². The van der Waals surface area contributed by atoms with Gasteiger partial charge in [0.15, 0.2) is 6.10 Å². The zero-order chi connectivity index (χ0) is 59.2. The van der Waals surface area contributed by atoms with Gasteiger partial charge in [-0.1, -0.05) is 288 Å². The van der Waals surface area contributed by atoms with Crippen LogP contribution >= 0.6 is 0 Å². The van der Waals surface area contributed by atoms with Crippen LogP contribution in [0.1, 0.15) is 284 Å². The number of rotatable bonds is 59. The van der Waals surface area contributed by atoms with Crippen molar-refractivity contribution >= 4 is 17.9 Å².